The van der Waals surface area contributed by atoms with Crippen molar-refractivity contribution in [3.05, 3.63) is 137 Å². The summed E-state index contributed by atoms with van der Waals surface area (Å²) in [6, 6.07) is 34.0. The molecule has 0 bridgehead atoms. The number of rotatable bonds is 9. The Morgan fingerprint density at radius 2 is 1.62 bits per heavy atom. The van der Waals surface area contributed by atoms with E-state index in [1.165, 1.54) is 0 Å². The van der Waals surface area contributed by atoms with Gasteiger partial charge in [-0.05, 0) is 59.2 Å². The van der Waals surface area contributed by atoms with Gasteiger partial charge in [-0.2, -0.15) is 5.26 Å². The highest BCUT2D eigenvalue weighted by molar-refractivity contribution is 5.96. The molecule has 4 aromatic carbocycles. The van der Waals surface area contributed by atoms with Crippen LogP contribution in [-0.4, -0.2) is 16.4 Å². The van der Waals surface area contributed by atoms with Gasteiger partial charge in [0.1, 0.15) is 30.5 Å². The number of nitrogens with one attached hydrogen (secondary N) is 1. The number of esters is 1. The van der Waals surface area contributed by atoms with Crippen LogP contribution in [0.2, 0.25) is 0 Å². The fourth-order valence-electron chi connectivity index (χ4n) is 4.39. The summed E-state index contributed by atoms with van der Waals surface area (Å²) in [6.07, 6.45) is 0. The predicted octanol–water partition coefficient (Wildman–Crippen LogP) is 5.78. The average Bonchev–Trinajstić information content (AvgIpc) is 3.33. The number of fused-ring (bicyclic) bond motifs is 1. The van der Waals surface area contributed by atoms with Gasteiger partial charge in [0, 0.05) is 23.0 Å². The van der Waals surface area contributed by atoms with E-state index in [0.717, 1.165) is 27.6 Å². The topological polar surface area (TPSA) is 114 Å². The molecule has 39 heavy (non-hydrogen) atoms. The SMILES string of the molecule is N#Cc1cccc(Cn2c(C(=O)OCc3cccc(C(=N)N)c3)cc3cc(OCc4ccccc4)ccc32)c1. The lowest BCUT2D eigenvalue weighted by molar-refractivity contribution is 0.0461. The molecule has 192 valence electrons. The Kier molecular flexibility index (Phi) is 7.37. The van der Waals surface area contributed by atoms with Crippen LogP contribution in [0.5, 0.6) is 5.75 Å². The minimum absolute atomic E-state index is 0.0385. The van der Waals surface area contributed by atoms with Crippen molar-refractivity contribution in [2.24, 2.45) is 5.73 Å². The third kappa shape index (κ3) is 5.97. The van der Waals surface area contributed by atoms with Crippen LogP contribution in [0.4, 0.5) is 0 Å². The normalized spacial score (nSPS) is 10.6. The lowest BCUT2D eigenvalue weighted by Gasteiger charge is -2.12. The van der Waals surface area contributed by atoms with Crippen LogP contribution in [-0.2, 0) is 24.5 Å². The van der Waals surface area contributed by atoms with Gasteiger partial charge in [0.15, 0.2) is 0 Å². The molecular formula is C32H26N4O3. The van der Waals surface area contributed by atoms with Crippen molar-refractivity contribution in [3.8, 4) is 11.8 Å². The van der Waals surface area contributed by atoms with E-state index < -0.39 is 5.97 Å². The first-order valence-electron chi connectivity index (χ1n) is 12.4. The number of aromatic nitrogens is 1. The van der Waals surface area contributed by atoms with Gasteiger partial charge >= 0.3 is 5.97 Å². The van der Waals surface area contributed by atoms with Crippen molar-refractivity contribution in [3.63, 3.8) is 0 Å². The van der Waals surface area contributed by atoms with Crippen LogP contribution in [0, 0.1) is 16.7 Å². The van der Waals surface area contributed by atoms with Gasteiger partial charge < -0.3 is 19.8 Å². The third-order valence-electron chi connectivity index (χ3n) is 6.33. The summed E-state index contributed by atoms with van der Waals surface area (Å²) < 4.78 is 13.6. The molecule has 0 atom stereocenters. The van der Waals surface area contributed by atoms with E-state index in [9.17, 15) is 10.1 Å². The molecule has 0 aliphatic rings. The van der Waals surface area contributed by atoms with Crippen molar-refractivity contribution >= 4 is 22.7 Å². The zero-order valence-corrected chi connectivity index (χ0v) is 21.1. The van der Waals surface area contributed by atoms with Crippen LogP contribution in [0.15, 0.2) is 103 Å². The molecular weight excluding hydrogens is 488 g/mol. The molecule has 5 rings (SSSR count). The quantitative estimate of drug-likeness (QED) is 0.147. The number of nitrogens with zero attached hydrogens (tertiary/aromatic N) is 2. The second-order valence-corrected chi connectivity index (χ2v) is 9.11. The largest absolute Gasteiger partial charge is 0.489 e. The van der Waals surface area contributed by atoms with E-state index in [4.69, 9.17) is 20.6 Å². The zero-order valence-electron chi connectivity index (χ0n) is 21.1. The van der Waals surface area contributed by atoms with Crippen LogP contribution in [0.1, 0.15) is 38.3 Å². The Hall–Kier alpha value is -5.35. The van der Waals surface area contributed by atoms with Gasteiger partial charge in [0.05, 0.1) is 11.6 Å². The molecule has 7 nitrogen and oxygen atoms in total. The number of amidine groups is 1. The van der Waals surface area contributed by atoms with Crippen molar-refractivity contribution in [1.82, 2.24) is 4.57 Å². The van der Waals surface area contributed by atoms with E-state index in [2.05, 4.69) is 6.07 Å². The predicted molar refractivity (Wildman–Crippen MR) is 150 cm³/mol. The van der Waals surface area contributed by atoms with Crippen LogP contribution in [0.3, 0.4) is 0 Å². The highest BCUT2D eigenvalue weighted by atomic mass is 16.5. The maximum absolute atomic E-state index is 13.3. The molecule has 0 aliphatic heterocycles. The second-order valence-electron chi connectivity index (χ2n) is 9.11. The van der Waals surface area contributed by atoms with Crippen molar-refractivity contribution in [2.45, 2.75) is 19.8 Å². The minimum Gasteiger partial charge on any atom is -0.489 e. The molecule has 5 aromatic rings. The number of nitriles is 1. The summed E-state index contributed by atoms with van der Waals surface area (Å²) in [5, 5.41) is 17.8. The van der Waals surface area contributed by atoms with Crippen molar-refractivity contribution in [2.75, 3.05) is 0 Å². The number of nitrogen functional groups attached to an aromatic ring is 1. The Balaban J connectivity index is 1.44. The Morgan fingerprint density at radius 3 is 2.41 bits per heavy atom. The minimum atomic E-state index is -0.484. The highest BCUT2D eigenvalue weighted by Crippen LogP contribution is 2.27. The Labute approximate surface area is 226 Å². The smallest absolute Gasteiger partial charge is 0.355 e. The first-order chi connectivity index (χ1) is 19.0. The fourth-order valence-corrected chi connectivity index (χ4v) is 4.39. The van der Waals surface area contributed by atoms with Crippen LogP contribution in [0.25, 0.3) is 10.9 Å². The summed E-state index contributed by atoms with van der Waals surface area (Å²) in [5.74, 6) is 0.159. The van der Waals surface area contributed by atoms with E-state index in [0.29, 0.717) is 35.7 Å². The Bertz CT molecular complexity index is 1700. The lowest BCUT2D eigenvalue weighted by Crippen LogP contribution is -2.14. The van der Waals surface area contributed by atoms with Crippen molar-refractivity contribution in [1.29, 1.82) is 10.7 Å². The highest BCUT2D eigenvalue weighted by Gasteiger charge is 2.18. The van der Waals surface area contributed by atoms with Crippen LogP contribution >= 0.6 is 0 Å². The standard InChI is InChI=1S/C32H26N4O3/c33-18-23-8-4-9-24(14-23)19-36-29-13-12-28(38-20-22-6-2-1-3-7-22)16-27(29)17-30(36)32(37)39-21-25-10-5-11-26(15-25)31(34)35/h1-17H,19-21H2,(H3,34,35). The first-order valence-corrected chi connectivity index (χ1v) is 12.4. The van der Waals surface area contributed by atoms with E-state index in [1.54, 1.807) is 30.3 Å². The number of nitrogens with two attached hydrogens (primary N) is 1. The zero-order chi connectivity index (χ0) is 27.2. The van der Waals surface area contributed by atoms with Gasteiger partial charge in [-0.1, -0.05) is 60.7 Å². The maximum Gasteiger partial charge on any atom is 0.355 e. The summed E-state index contributed by atoms with van der Waals surface area (Å²) in [5.41, 5.74) is 10.6. The van der Waals surface area contributed by atoms with Gasteiger partial charge in [-0.3, -0.25) is 5.41 Å². The molecule has 7 heteroatoms. The number of carbonyl (C=O) groups excluding carboxylic acids is 1. The average molecular weight is 515 g/mol. The second kappa shape index (κ2) is 11.4. The molecule has 1 heterocycles. The molecule has 0 radical (unpaired) electrons. The number of hydrogen-bond donors (Lipinski definition) is 2. The number of benzene rings is 4. The van der Waals surface area contributed by atoms with Gasteiger partial charge in [0.25, 0.3) is 0 Å². The number of hydrogen-bond acceptors (Lipinski definition) is 5. The van der Waals surface area contributed by atoms with Gasteiger partial charge in [0.2, 0.25) is 0 Å². The summed E-state index contributed by atoms with van der Waals surface area (Å²) in [6.45, 7) is 0.854. The summed E-state index contributed by atoms with van der Waals surface area (Å²) in [7, 11) is 0. The molecule has 0 amide bonds. The van der Waals surface area contributed by atoms with Gasteiger partial charge in [-0.25, -0.2) is 4.79 Å². The first kappa shape index (κ1) is 25.3. The molecule has 0 fully saturated rings. The summed E-state index contributed by atoms with van der Waals surface area (Å²) in [4.78, 5) is 13.3. The molecule has 0 unspecified atom stereocenters. The lowest BCUT2D eigenvalue weighted by atomic mass is 10.1. The van der Waals surface area contributed by atoms with E-state index in [1.807, 2.05) is 77.4 Å². The third-order valence-corrected chi connectivity index (χ3v) is 6.33. The van der Waals surface area contributed by atoms with E-state index in [-0.39, 0.29) is 12.4 Å². The molecule has 3 N–H and O–H groups in total. The molecule has 0 spiro atoms. The Morgan fingerprint density at radius 1 is 0.846 bits per heavy atom. The molecule has 0 saturated heterocycles. The summed E-state index contributed by atoms with van der Waals surface area (Å²) >= 11 is 0. The monoisotopic (exact) mass is 514 g/mol. The number of carbonyl (C=O) groups is 1. The molecule has 1 aromatic heterocycles. The fraction of sp³-hybridized carbons (Fsp3) is 0.0938. The van der Waals surface area contributed by atoms with E-state index >= 15 is 0 Å². The number of ether oxygens (including phenoxy) is 2. The molecule has 0 saturated carbocycles. The maximum atomic E-state index is 13.3. The molecule has 0 aliphatic carbocycles. The van der Waals surface area contributed by atoms with Crippen LogP contribution < -0.4 is 10.5 Å². The van der Waals surface area contributed by atoms with Crippen molar-refractivity contribution < 1.29 is 14.3 Å². The van der Waals surface area contributed by atoms with Gasteiger partial charge in [-0.15, -0.1) is 0 Å².